The number of rotatable bonds is 3. The van der Waals surface area contributed by atoms with E-state index < -0.39 is 22.9 Å². The van der Waals surface area contributed by atoms with Gasteiger partial charge >= 0.3 is 6.18 Å². The van der Waals surface area contributed by atoms with Gasteiger partial charge in [0.2, 0.25) is 11.8 Å². The zero-order chi connectivity index (χ0) is 18.2. The van der Waals surface area contributed by atoms with Crippen LogP contribution in [-0.2, 0) is 15.8 Å². The molecule has 3 rings (SSSR count). The van der Waals surface area contributed by atoms with E-state index in [1.165, 1.54) is 17.4 Å². The third kappa shape index (κ3) is 4.13. The number of benzene rings is 1. The molecule has 0 spiro atoms. The first-order chi connectivity index (χ1) is 11.7. The highest BCUT2D eigenvalue weighted by atomic mass is 32.2. The van der Waals surface area contributed by atoms with Gasteiger partial charge in [0.1, 0.15) is 0 Å². The van der Waals surface area contributed by atoms with Crippen LogP contribution in [0.1, 0.15) is 16.9 Å². The number of nitrogens with zero attached hydrogens (tertiary/aromatic N) is 1. The highest BCUT2D eigenvalue weighted by molar-refractivity contribution is 8.01. The predicted molar refractivity (Wildman–Crippen MR) is 89.8 cm³/mol. The molecule has 0 unspecified atom stereocenters. The predicted octanol–water partition coefficient (Wildman–Crippen LogP) is 3.91. The molecule has 2 aromatic rings. The molecule has 0 saturated heterocycles. The van der Waals surface area contributed by atoms with E-state index in [2.05, 4.69) is 15.6 Å². The number of aromatic nitrogens is 1. The third-order valence-corrected chi connectivity index (χ3v) is 5.47. The summed E-state index contributed by atoms with van der Waals surface area (Å²) in [5.41, 5.74) is -0.723. The molecule has 0 bridgehead atoms. The first kappa shape index (κ1) is 17.7. The van der Waals surface area contributed by atoms with Crippen molar-refractivity contribution in [2.24, 2.45) is 0 Å². The number of alkyl halides is 3. The molecule has 0 saturated carbocycles. The number of aryl methyl sites for hydroxylation is 1. The fourth-order valence-electron chi connectivity index (χ4n) is 2.21. The lowest BCUT2D eigenvalue weighted by Gasteiger charge is -2.24. The smallest absolute Gasteiger partial charge is 0.324 e. The Hall–Kier alpha value is -2.07. The summed E-state index contributed by atoms with van der Waals surface area (Å²) in [5, 5.41) is 4.78. The van der Waals surface area contributed by atoms with E-state index in [0.717, 1.165) is 28.8 Å². The molecule has 5 nitrogen and oxygen atoms in total. The molecule has 0 fully saturated rings. The van der Waals surface area contributed by atoms with Crippen molar-refractivity contribution in [3.8, 4) is 0 Å². The SMILES string of the molecule is Cc1cnc(NC(=O)C[C@@H]2Sc3ccc(C(F)(F)F)cc3NC2=O)s1. The molecule has 10 heteroatoms. The number of amides is 2. The van der Waals surface area contributed by atoms with Gasteiger partial charge < -0.3 is 10.6 Å². The number of carbonyl (C=O) groups excluding carboxylic acids is 2. The average molecular weight is 387 g/mol. The third-order valence-electron chi connectivity index (χ3n) is 3.36. The minimum Gasteiger partial charge on any atom is -0.324 e. The zero-order valence-electron chi connectivity index (χ0n) is 12.8. The fourth-order valence-corrected chi connectivity index (χ4v) is 3.98. The molecular weight excluding hydrogens is 375 g/mol. The maximum atomic E-state index is 12.7. The van der Waals surface area contributed by atoms with Crippen molar-refractivity contribution in [3.05, 3.63) is 34.8 Å². The highest BCUT2D eigenvalue weighted by Gasteiger charge is 2.34. The number of fused-ring (bicyclic) bond motifs is 1. The van der Waals surface area contributed by atoms with Crippen molar-refractivity contribution in [2.45, 2.75) is 29.7 Å². The molecule has 132 valence electrons. The van der Waals surface area contributed by atoms with Crippen LogP contribution in [0.2, 0.25) is 0 Å². The Morgan fingerprint density at radius 1 is 1.40 bits per heavy atom. The lowest BCUT2D eigenvalue weighted by atomic mass is 10.1. The van der Waals surface area contributed by atoms with Gasteiger partial charge in [-0.05, 0) is 25.1 Å². The number of thioether (sulfide) groups is 1. The van der Waals surface area contributed by atoms with E-state index in [9.17, 15) is 22.8 Å². The maximum Gasteiger partial charge on any atom is 0.416 e. The summed E-state index contributed by atoms with van der Waals surface area (Å²) in [6.07, 6.45) is -2.96. The summed E-state index contributed by atoms with van der Waals surface area (Å²) in [6.45, 7) is 1.85. The van der Waals surface area contributed by atoms with Crippen LogP contribution in [0.15, 0.2) is 29.3 Å². The van der Waals surface area contributed by atoms with Crippen molar-refractivity contribution < 1.29 is 22.8 Å². The summed E-state index contributed by atoms with van der Waals surface area (Å²) in [6, 6.07) is 3.16. The molecule has 1 aliphatic heterocycles. The average Bonchev–Trinajstić information content (AvgIpc) is 2.91. The van der Waals surface area contributed by atoms with Gasteiger partial charge in [-0.1, -0.05) is 0 Å². The number of anilines is 2. The van der Waals surface area contributed by atoms with Gasteiger partial charge in [0.15, 0.2) is 5.13 Å². The standard InChI is InChI=1S/C15H12F3N3O2S2/c1-7-6-19-14(24-7)21-12(22)5-11-13(23)20-9-4-8(15(16,17)18)2-3-10(9)25-11/h2-4,6,11H,5H2,1H3,(H,20,23)(H,19,21,22)/t11-/m0/s1. The van der Waals surface area contributed by atoms with Gasteiger partial charge in [-0.15, -0.1) is 23.1 Å². The van der Waals surface area contributed by atoms with Crippen molar-refractivity contribution in [1.82, 2.24) is 4.98 Å². The van der Waals surface area contributed by atoms with Crippen molar-refractivity contribution in [1.29, 1.82) is 0 Å². The van der Waals surface area contributed by atoms with Crippen LogP contribution in [0.3, 0.4) is 0 Å². The topological polar surface area (TPSA) is 71.1 Å². The molecule has 0 radical (unpaired) electrons. The highest BCUT2D eigenvalue weighted by Crippen LogP contribution is 2.40. The van der Waals surface area contributed by atoms with Crippen LogP contribution in [0.4, 0.5) is 24.0 Å². The van der Waals surface area contributed by atoms with Crippen LogP contribution in [0.25, 0.3) is 0 Å². The molecule has 1 aliphatic rings. The number of halogens is 3. The normalized spacial score (nSPS) is 17.0. The van der Waals surface area contributed by atoms with Crippen LogP contribution in [0.5, 0.6) is 0 Å². The second-order valence-corrected chi connectivity index (χ2v) is 7.81. The van der Waals surface area contributed by atoms with Crippen LogP contribution in [0, 0.1) is 6.92 Å². The number of thiazole rings is 1. The molecule has 25 heavy (non-hydrogen) atoms. The fraction of sp³-hybridized carbons (Fsp3) is 0.267. The molecule has 0 aliphatic carbocycles. The summed E-state index contributed by atoms with van der Waals surface area (Å²) < 4.78 is 38.2. The second-order valence-electron chi connectivity index (χ2n) is 5.33. The maximum absolute atomic E-state index is 12.7. The van der Waals surface area contributed by atoms with E-state index in [1.807, 2.05) is 6.92 Å². The Labute approximate surface area is 149 Å². The molecule has 1 aromatic heterocycles. The minimum atomic E-state index is -4.48. The molecule has 2 N–H and O–H groups in total. The quantitative estimate of drug-likeness (QED) is 0.838. The number of nitrogens with one attached hydrogen (secondary N) is 2. The first-order valence-electron chi connectivity index (χ1n) is 7.13. The second kappa shape index (κ2) is 6.68. The lowest BCUT2D eigenvalue weighted by molar-refractivity contribution is -0.137. The number of hydrogen-bond acceptors (Lipinski definition) is 5. The number of hydrogen-bond donors (Lipinski definition) is 2. The van der Waals surface area contributed by atoms with Gasteiger partial charge in [-0.2, -0.15) is 13.2 Å². The first-order valence-corrected chi connectivity index (χ1v) is 8.83. The summed E-state index contributed by atoms with van der Waals surface area (Å²) in [5.74, 6) is -0.875. The monoisotopic (exact) mass is 387 g/mol. The van der Waals surface area contributed by atoms with Crippen LogP contribution < -0.4 is 10.6 Å². The van der Waals surface area contributed by atoms with E-state index in [1.54, 1.807) is 6.20 Å². The molecule has 1 aromatic carbocycles. The van der Waals surface area contributed by atoms with Gasteiger partial charge in [-0.3, -0.25) is 9.59 Å². The van der Waals surface area contributed by atoms with Crippen molar-refractivity contribution in [3.63, 3.8) is 0 Å². The van der Waals surface area contributed by atoms with Gasteiger partial charge in [0, 0.05) is 22.4 Å². The number of carbonyl (C=O) groups is 2. The van der Waals surface area contributed by atoms with E-state index >= 15 is 0 Å². The Kier molecular flexibility index (Phi) is 4.74. The van der Waals surface area contributed by atoms with Crippen molar-refractivity contribution in [2.75, 3.05) is 10.6 Å². The zero-order valence-corrected chi connectivity index (χ0v) is 14.4. The van der Waals surface area contributed by atoms with Crippen LogP contribution >= 0.6 is 23.1 Å². The van der Waals surface area contributed by atoms with Gasteiger partial charge in [-0.25, -0.2) is 4.98 Å². The Balaban J connectivity index is 1.69. The summed E-state index contributed by atoms with van der Waals surface area (Å²) in [7, 11) is 0. The Morgan fingerprint density at radius 2 is 2.16 bits per heavy atom. The van der Waals surface area contributed by atoms with Gasteiger partial charge in [0.25, 0.3) is 0 Å². The Morgan fingerprint density at radius 3 is 2.80 bits per heavy atom. The molecule has 1 atom stereocenters. The largest absolute Gasteiger partial charge is 0.416 e. The van der Waals surface area contributed by atoms with Crippen molar-refractivity contribution >= 4 is 45.7 Å². The van der Waals surface area contributed by atoms with Crippen LogP contribution in [-0.4, -0.2) is 22.0 Å². The van der Waals surface area contributed by atoms with E-state index in [0.29, 0.717) is 10.0 Å². The molecule has 2 heterocycles. The minimum absolute atomic E-state index is 0.102. The van der Waals surface area contributed by atoms with E-state index in [-0.39, 0.29) is 18.0 Å². The summed E-state index contributed by atoms with van der Waals surface area (Å²) in [4.78, 5) is 29.6. The van der Waals surface area contributed by atoms with E-state index in [4.69, 9.17) is 0 Å². The van der Waals surface area contributed by atoms with Gasteiger partial charge in [0.05, 0.1) is 16.5 Å². The molecular formula is C15H12F3N3O2S2. The lowest BCUT2D eigenvalue weighted by Crippen LogP contribution is -2.32. The Bertz CT molecular complexity index is 836. The molecule has 2 amide bonds. The summed E-state index contributed by atoms with van der Waals surface area (Å²) >= 11 is 2.39.